The molecule has 2 aromatic rings. The zero-order chi connectivity index (χ0) is 22.3. The summed E-state index contributed by atoms with van der Waals surface area (Å²) in [4.78, 5) is 12.3. The molecule has 1 aliphatic rings. The number of hydrogen-bond donors (Lipinski definition) is 0. The summed E-state index contributed by atoms with van der Waals surface area (Å²) in [6.45, 7) is 8.00. The van der Waals surface area contributed by atoms with Gasteiger partial charge >= 0.3 is 5.97 Å². The number of carbonyl (C=O) groups excluding carboxylic acids is 1. The van der Waals surface area contributed by atoms with Crippen LogP contribution in [0.3, 0.4) is 0 Å². The Hall–Kier alpha value is -2.91. The normalized spacial score (nSPS) is 14.6. The number of nitrogens with zero attached hydrogens (tertiary/aromatic N) is 4. The zero-order valence-electron chi connectivity index (χ0n) is 18.4. The summed E-state index contributed by atoms with van der Waals surface area (Å²) in [5.41, 5.74) is 0.810. The highest BCUT2D eigenvalue weighted by atomic mass is 28.3. The summed E-state index contributed by atoms with van der Waals surface area (Å²) in [5, 5.41) is 15.9. The SMILES string of the molecule is COC(=O)c1cc(OCc2ccccc2)cc(C2(COCC[Si](C)(C)C)N=NN=N2)c1. The summed E-state index contributed by atoms with van der Waals surface area (Å²) in [6, 6.07) is 15.9. The number of methoxy groups -OCH3 is 1. The molecule has 1 heterocycles. The highest BCUT2D eigenvalue weighted by Gasteiger charge is 2.37. The van der Waals surface area contributed by atoms with E-state index in [-0.39, 0.29) is 6.61 Å². The number of hydrogen-bond acceptors (Lipinski definition) is 8. The van der Waals surface area contributed by atoms with Crippen molar-refractivity contribution >= 4 is 14.0 Å². The lowest BCUT2D eigenvalue weighted by Crippen LogP contribution is -2.28. The second-order valence-corrected chi connectivity index (χ2v) is 14.2. The first kappa shape index (κ1) is 22.8. The first-order valence-electron chi connectivity index (χ1n) is 10.1. The van der Waals surface area contributed by atoms with Crippen LogP contribution in [0.2, 0.25) is 25.7 Å². The predicted molar refractivity (Wildman–Crippen MR) is 119 cm³/mol. The van der Waals surface area contributed by atoms with E-state index in [9.17, 15) is 4.79 Å². The third kappa shape index (κ3) is 6.28. The number of rotatable bonds is 10. The highest BCUT2D eigenvalue weighted by Crippen LogP contribution is 2.36. The molecule has 0 radical (unpaired) electrons. The lowest BCUT2D eigenvalue weighted by Gasteiger charge is -2.23. The molecule has 0 spiro atoms. The van der Waals surface area contributed by atoms with Crippen LogP contribution < -0.4 is 4.74 Å². The summed E-state index contributed by atoms with van der Waals surface area (Å²) in [6.07, 6.45) is 0. The van der Waals surface area contributed by atoms with Crippen molar-refractivity contribution in [2.75, 3.05) is 20.3 Å². The Morgan fingerprint density at radius 2 is 1.74 bits per heavy atom. The maximum absolute atomic E-state index is 12.3. The van der Waals surface area contributed by atoms with E-state index in [0.717, 1.165) is 11.6 Å². The first-order valence-corrected chi connectivity index (χ1v) is 13.8. The average Bonchev–Trinajstić information content (AvgIpc) is 3.25. The van der Waals surface area contributed by atoms with Gasteiger partial charge in [0, 0.05) is 20.2 Å². The van der Waals surface area contributed by atoms with Crippen molar-refractivity contribution in [3.05, 3.63) is 65.2 Å². The molecule has 1 aliphatic heterocycles. The summed E-state index contributed by atoms with van der Waals surface area (Å²) in [7, 11) is 0.104. The Morgan fingerprint density at radius 1 is 1.03 bits per heavy atom. The van der Waals surface area contributed by atoms with E-state index in [4.69, 9.17) is 14.2 Å². The Bertz CT molecular complexity index is 946. The maximum Gasteiger partial charge on any atom is 0.337 e. The molecule has 3 rings (SSSR count). The lowest BCUT2D eigenvalue weighted by atomic mass is 9.99. The van der Waals surface area contributed by atoms with Crippen LogP contribution in [0, 0.1) is 0 Å². The van der Waals surface area contributed by atoms with E-state index < -0.39 is 19.7 Å². The van der Waals surface area contributed by atoms with E-state index in [2.05, 4.69) is 40.3 Å². The molecule has 31 heavy (non-hydrogen) atoms. The van der Waals surface area contributed by atoms with Gasteiger partial charge < -0.3 is 14.2 Å². The fourth-order valence-electron chi connectivity index (χ4n) is 2.95. The van der Waals surface area contributed by atoms with Crippen LogP contribution in [0.1, 0.15) is 21.5 Å². The minimum absolute atomic E-state index is 0.174. The minimum Gasteiger partial charge on any atom is -0.489 e. The highest BCUT2D eigenvalue weighted by molar-refractivity contribution is 6.76. The largest absolute Gasteiger partial charge is 0.489 e. The molecule has 2 aromatic carbocycles. The fourth-order valence-corrected chi connectivity index (χ4v) is 3.70. The van der Waals surface area contributed by atoms with Crippen LogP contribution in [-0.4, -0.2) is 34.4 Å². The standard InChI is InChI=1S/C22H28N4O4Si/c1-28-21(27)18-12-19(14-20(13-18)30-15-17-8-6-5-7-9-17)22(23-25-26-24-22)16-29-10-11-31(2,3)4/h5-9,12-14H,10-11,15-16H2,1-4H3. The lowest BCUT2D eigenvalue weighted by molar-refractivity contribution is 0.0599. The van der Waals surface area contributed by atoms with Gasteiger partial charge in [0.05, 0.1) is 12.7 Å². The molecule has 0 saturated carbocycles. The number of esters is 1. The van der Waals surface area contributed by atoms with E-state index in [0.29, 0.717) is 30.1 Å². The second-order valence-electron chi connectivity index (χ2n) is 8.57. The molecular weight excluding hydrogens is 412 g/mol. The van der Waals surface area contributed by atoms with Gasteiger partial charge in [0.25, 0.3) is 0 Å². The van der Waals surface area contributed by atoms with Crippen molar-refractivity contribution in [2.24, 2.45) is 20.7 Å². The van der Waals surface area contributed by atoms with Crippen molar-refractivity contribution in [1.82, 2.24) is 0 Å². The molecular formula is C22H28N4O4Si. The maximum atomic E-state index is 12.3. The average molecular weight is 441 g/mol. The van der Waals surface area contributed by atoms with Crippen molar-refractivity contribution in [1.29, 1.82) is 0 Å². The van der Waals surface area contributed by atoms with Gasteiger partial charge in [0.2, 0.25) is 5.66 Å². The van der Waals surface area contributed by atoms with E-state index in [1.54, 1.807) is 18.2 Å². The summed E-state index contributed by atoms with van der Waals surface area (Å²) < 4.78 is 16.8. The number of carbonyl (C=O) groups is 1. The molecule has 0 amide bonds. The topological polar surface area (TPSA) is 94.2 Å². The Balaban J connectivity index is 1.85. The third-order valence-electron chi connectivity index (χ3n) is 4.80. The first-order chi connectivity index (χ1) is 14.8. The smallest absolute Gasteiger partial charge is 0.337 e. The van der Waals surface area contributed by atoms with Gasteiger partial charge in [-0.2, -0.15) is 0 Å². The van der Waals surface area contributed by atoms with E-state index in [1.807, 2.05) is 30.3 Å². The minimum atomic E-state index is -1.23. The van der Waals surface area contributed by atoms with Crippen molar-refractivity contribution in [2.45, 2.75) is 38.0 Å². The molecule has 0 unspecified atom stereocenters. The van der Waals surface area contributed by atoms with E-state index >= 15 is 0 Å². The van der Waals surface area contributed by atoms with Crippen LogP contribution in [0.25, 0.3) is 0 Å². The van der Waals surface area contributed by atoms with E-state index in [1.165, 1.54) is 7.11 Å². The molecule has 0 saturated heterocycles. The van der Waals surface area contributed by atoms with Gasteiger partial charge in [-0.05, 0) is 40.3 Å². The molecule has 0 aromatic heterocycles. The quantitative estimate of drug-likeness (QED) is 0.281. The van der Waals surface area contributed by atoms with Gasteiger partial charge in [-0.3, -0.25) is 0 Å². The molecule has 0 N–H and O–H groups in total. The second kappa shape index (κ2) is 9.93. The van der Waals surface area contributed by atoms with Crippen molar-refractivity contribution in [3.8, 4) is 5.75 Å². The van der Waals surface area contributed by atoms with Gasteiger partial charge in [-0.1, -0.05) is 50.0 Å². The van der Waals surface area contributed by atoms with Crippen LogP contribution >= 0.6 is 0 Å². The van der Waals surface area contributed by atoms with Gasteiger partial charge in [0.15, 0.2) is 0 Å². The van der Waals surface area contributed by atoms with Gasteiger partial charge in [-0.25, -0.2) is 4.79 Å². The molecule has 0 atom stereocenters. The van der Waals surface area contributed by atoms with Crippen LogP contribution in [-0.2, 0) is 21.7 Å². The third-order valence-corrected chi connectivity index (χ3v) is 6.50. The molecule has 164 valence electrons. The van der Waals surface area contributed by atoms with Crippen LogP contribution in [0.5, 0.6) is 5.75 Å². The van der Waals surface area contributed by atoms with Gasteiger partial charge in [0.1, 0.15) is 19.0 Å². The van der Waals surface area contributed by atoms with Crippen molar-refractivity contribution in [3.63, 3.8) is 0 Å². The number of benzene rings is 2. The van der Waals surface area contributed by atoms with Crippen LogP contribution in [0.4, 0.5) is 0 Å². The molecule has 8 nitrogen and oxygen atoms in total. The zero-order valence-corrected chi connectivity index (χ0v) is 19.4. The molecule has 0 bridgehead atoms. The molecule has 9 heteroatoms. The van der Waals surface area contributed by atoms with Gasteiger partial charge in [-0.15, -0.1) is 10.2 Å². The van der Waals surface area contributed by atoms with Crippen LogP contribution in [0.15, 0.2) is 69.2 Å². The monoisotopic (exact) mass is 440 g/mol. The Morgan fingerprint density at radius 3 is 2.39 bits per heavy atom. The number of ether oxygens (including phenoxy) is 3. The summed E-state index contributed by atoms with van der Waals surface area (Å²) >= 11 is 0. The summed E-state index contributed by atoms with van der Waals surface area (Å²) in [5.74, 6) is 0.0219. The predicted octanol–water partition coefficient (Wildman–Crippen LogP) is 5.39. The molecule has 0 aliphatic carbocycles. The molecule has 0 fully saturated rings. The van der Waals surface area contributed by atoms with Crippen molar-refractivity contribution < 1.29 is 19.0 Å². The Kier molecular flexibility index (Phi) is 7.29. The Labute approximate surface area is 183 Å². The fraction of sp³-hybridized carbons (Fsp3) is 0.409.